The van der Waals surface area contributed by atoms with E-state index in [9.17, 15) is 10.2 Å². The first-order chi connectivity index (χ1) is 12.6. The number of hydrogen-bond acceptors (Lipinski definition) is 5. The van der Waals surface area contributed by atoms with Gasteiger partial charge in [0.15, 0.2) is 0 Å². The molecule has 0 unspecified atom stereocenters. The minimum absolute atomic E-state index is 0.185. The Hall–Kier alpha value is -2.17. The number of pyridine rings is 1. The van der Waals surface area contributed by atoms with E-state index in [2.05, 4.69) is 17.6 Å². The molecule has 5 heteroatoms. The maximum atomic E-state index is 10.4. The molecule has 0 aliphatic heterocycles. The third-order valence-corrected chi connectivity index (χ3v) is 4.12. The summed E-state index contributed by atoms with van der Waals surface area (Å²) in [6.07, 6.45) is 5.76. The Bertz CT molecular complexity index is 717. The van der Waals surface area contributed by atoms with Crippen molar-refractivity contribution in [3.63, 3.8) is 0 Å². The molecule has 0 aliphatic rings. The highest BCUT2D eigenvalue weighted by molar-refractivity contribution is 5.13. The van der Waals surface area contributed by atoms with E-state index in [1.54, 1.807) is 24.4 Å². The van der Waals surface area contributed by atoms with Gasteiger partial charge in [0.1, 0.15) is 30.3 Å². The molecular formula is C21H27NO4. The van der Waals surface area contributed by atoms with Crippen LogP contribution in [0.4, 0.5) is 0 Å². The van der Waals surface area contributed by atoms with Crippen LogP contribution >= 0.6 is 0 Å². The van der Waals surface area contributed by atoms with Crippen LogP contribution in [0.2, 0.25) is 0 Å². The van der Waals surface area contributed by atoms with Crippen LogP contribution in [-0.4, -0.2) is 20.3 Å². The summed E-state index contributed by atoms with van der Waals surface area (Å²) >= 11 is 0. The highest BCUT2D eigenvalue weighted by Crippen LogP contribution is 2.23. The summed E-state index contributed by atoms with van der Waals surface area (Å²) in [5.41, 5.74) is 4.89. The van der Waals surface area contributed by atoms with E-state index in [4.69, 9.17) is 9.52 Å². The van der Waals surface area contributed by atoms with Crippen LogP contribution in [0.3, 0.4) is 0 Å². The minimum atomic E-state index is -0.782. The molecule has 2 atom stereocenters. The summed E-state index contributed by atoms with van der Waals surface area (Å²) in [6.45, 7) is 1.94. The Morgan fingerprint density at radius 1 is 1.23 bits per heavy atom. The van der Waals surface area contributed by atoms with Gasteiger partial charge in [0, 0.05) is 19.0 Å². The predicted octanol–water partition coefficient (Wildman–Crippen LogP) is 3.99. The van der Waals surface area contributed by atoms with Crippen molar-refractivity contribution in [1.29, 1.82) is 0 Å². The first-order valence-corrected chi connectivity index (χ1v) is 9.03. The molecule has 2 aromatic heterocycles. The smallest absolute Gasteiger partial charge is 0.133 e. The summed E-state index contributed by atoms with van der Waals surface area (Å²) in [5.74, 6) is 0.858. The molecule has 0 fully saturated rings. The van der Waals surface area contributed by atoms with Crippen molar-refractivity contribution in [2.75, 3.05) is 0 Å². The van der Waals surface area contributed by atoms with Crippen LogP contribution in [0, 0.1) is 0 Å². The monoisotopic (exact) mass is 357 g/mol. The second-order valence-electron chi connectivity index (χ2n) is 6.24. The fourth-order valence-corrected chi connectivity index (χ4v) is 2.62. The summed E-state index contributed by atoms with van der Waals surface area (Å²) in [6, 6.07) is 8.80. The number of nitrogens with zero attached hydrogens (tertiary/aromatic N) is 1. The number of rotatable bonds is 10. The fraction of sp³-hybridized carbons (Fsp3) is 0.429. The summed E-state index contributed by atoms with van der Waals surface area (Å²) < 4.78 is 5.34. The van der Waals surface area contributed by atoms with Crippen molar-refractivity contribution in [3.05, 3.63) is 71.1 Å². The second-order valence-corrected chi connectivity index (χ2v) is 6.24. The summed E-state index contributed by atoms with van der Waals surface area (Å²) in [5, 5.41) is 29.6. The highest BCUT2D eigenvalue weighted by atomic mass is 16.4. The first-order valence-electron chi connectivity index (χ1n) is 9.03. The lowest BCUT2D eigenvalue weighted by Crippen LogP contribution is -2.01. The van der Waals surface area contributed by atoms with Crippen molar-refractivity contribution < 1.29 is 19.7 Å². The third kappa shape index (κ3) is 6.28. The zero-order chi connectivity index (χ0) is 18.8. The van der Waals surface area contributed by atoms with Crippen molar-refractivity contribution >= 4 is 0 Å². The van der Waals surface area contributed by atoms with E-state index < -0.39 is 12.2 Å². The maximum Gasteiger partial charge on any atom is 0.133 e. The van der Waals surface area contributed by atoms with Crippen LogP contribution in [-0.2, 0) is 6.61 Å². The lowest BCUT2D eigenvalue weighted by molar-refractivity contribution is 0.145. The summed E-state index contributed by atoms with van der Waals surface area (Å²) in [7, 11) is 0. The van der Waals surface area contributed by atoms with Crippen molar-refractivity contribution in [2.45, 2.75) is 57.8 Å². The second kappa shape index (κ2) is 10.7. The standard InChI is InChI=1S/C21H27NO4/c1-2-3-7-16(14-20(25)18-9-4-5-13-22-18)8-6-10-19(24)21-12-11-17(15-23)26-21/h4-6,9,11-13,19-20,23-25H,2-3,7,10,14-15H2,1H3/t8?,19-,20-/m1/s1. The fourth-order valence-electron chi connectivity index (χ4n) is 2.62. The lowest BCUT2D eigenvalue weighted by Gasteiger charge is -2.11. The van der Waals surface area contributed by atoms with Crippen molar-refractivity contribution in [1.82, 2.24) is 4.98 Å². The van der Waals surface area contributed by atoms with Crippen molar-refractivity contribution in [2.24, 2.45) is 0 Å². The molecule has 3 N–H and O–H groups in total. The Kier molecular flexibility index (Phi) is 8.32. The average Bonchev–Trinajstić information content (AvgIpc) is 3.16. The molecule has 0 saturated heterocycles. The largest absolute Gasteiger partial charge is 0.461 e. The van der Waals surface area contributed by atoms with Gasteiger partial charge in [-0.1, -0.05) is 19.4 Å². The number of unbranched alkanes of at least 4 members (excludes halogenated alkanes) is 1. The molecule has 0 aromatic carbocycles. The SMILES string of the molecule is CCCCC(=C=CC[C@@H](O)c1ccc(CO)o1)C[C@@H](O)c1ccccn1. The van der Waals surface area contributed by atoms with Crippen molar-refractivity contribution in [3.8, 4) is 0 Å². The Morgan fingerprint density at radius 3 is 2.73 bits per heavy atom. The van der Waals surface area contributed by atoms with Gasteiger partial charge in [-0.25, -0.2) is 0 Å². The van der Waals surface area contributed by atoms with Gasteiger partial charge in [-0.3, -0.25) is 4.98 Å². The molecule has 140 valence electrons. The Morgan fingerprint density at radius 2 is 2.08 bits per heavy atom. The normalized spacial score (nSPS) is 13.1. The van der Waals surface area contributed by atoms with Gasteiger partial charge in [-0.15, -0.1) is 5.73 Å². The average molecular weight is 357 g/mol. The number of aliphatic hydroxyl groups excluding tert-OH is 3. The molecule has 0 saturated carbocycles. The molecule has 2 rings (SSSR count). The molecule has 0 amide bonds. The van der Waals surface area contributed by atoms with E-state index in [0.29, 0.717) is 30.1 Å². The summed E-state index contributed by atoms with van der Waals surface area (Å²) in [4.78, 5) is 4.20. The predicted molar refractivity (Wildman–Crippen MR) is 99.1 cm³/mol. The molecule has 0 bridgehead atoms. The van der Waals surface area contributed by atoms with E-state index in [1.807, 2.05) is 18.2 Å². The van der Waals surface area contributed by atoms with Crippen LogP contribution in [0.1, 0.15) is 68.5 Å². The lowest BCUT2D eigenvalue weighted by atomic mass is 10.0. The number of aliphatic hydroxyl groups is 3. The van der Waals surface area contributed by atoms with Gasteiger partial charge in [-0.2, -0.15) is 0 Å². The Balaban J connectivity index is 2.02. The van der Waals surface area contributed by atoms with Crippen LogP contribution in [0.5, 0.6) is 0 Å². The molecule has 2 heterocycles. The number of aromatic nitrogens is 1. The van der Waals surface area contributed by atoms with E-state index in [1.165, 1.54) is 0 Å². The zero-order valence-corrected chi connectivity index (χ0v) is 15.1. The van der Waals surface area contributed by atoms with E-state index in [0.717, 1.165) is 24.8 Å². The maximum absolute atomic E-state index is 10.4. The van der Waals surface area contributed by atoms with Gasteiger partial charge in [0.2, 0.25) is 0 Å². The van der Waals surface area contributed by atoms with Crippen LogP contribution < -0.4 is 0 Å². The molecule has 2 aromatic rings. The number of hydrogen-bond donors (Lipinski definition) is 3. The molecule has 5 nitrogen and oxygen atoms in total. The van der Waals surface area contributed by atoms with Gasteiger partial charge in [-0.05, 0) is 48.8 Å². The van der Waals surface area contributed by atoms with Gasteiger partial charge in [0.25, 0.3) is 0 Å². The zero-order valence-electron chi connectivity index (χ0n) is 15.1. The molecule has 0 radical (unpaired) electrons. The minimum Gasteiger partial charge on any atom is -0.461 e. The molecule has 0 spiro atoms. The van der Waals surface area contributed by atoms with Crippen LogP contribution in [0.15, 0.2) is 58.3 Å². The number of furan rings is 1. The van der Waals surface area contributed by atoms with E-state index >= 15 is 0 Å². The van der Waals surface area contributed by atoms with Gasteiger partial charge >= 0.3 is 0 Å². The molecular weight excluding hydrogens is 330 g/mol. The molecule has 0 aliphatic carbocycles. The third-order valence-electron chi connectivity index (χ3n) is 4.12. The van der Waals surface area contributed by atoms with Crippen LogP contribution in [0.25, 0.3) is 0 Å². The van der Waals surface area contributed by atoms with E-state index in [-0.39, 0.29) is 6.61 Å². The Labute approximate surface area is 154 Å². The van der Waals surface area contributed by atoms with Gasteiger partial charge < -0.3 is 19.7 Å². The quantitative estimate of drug-likeness (QED) is 0.560. The topological polar surface area (TPSA) is 86.7 Å². The molecule has 26 heavy (non-hydrogen) atoms. The van der Waals surface area contributed by atoms with Gasteiger partial charge in [0.05, 0.1) is 5.69 Å². The highest BCUT2D eigenvalue weighted by Gasteiger charge is 2.12. The first kappa shape index (κ1) is 20.1.